The van der Waals surface area contributed by atoms with Crippen LogP contribution in [0.25, 0.3) is 22.4 Å². The van der Waals surface area contributed by atoms with Gasteiger partial charge in [0.05, 0.1) is 11.0 Å². The molecule has 3 heterocycles. The molecule has 2 aromatic heterocycles. The van der Waals surface area contributed by atoms with E-state index in [4.69, 9.17) is 9.47 Å². The van der Waals surface area contributed by atoms with E-state index in [9.17, 15) is 0 Å². The highest BCUT2D eigenvalue weighted by Gasteiger charge is 2.15. The minimum absolute atomic E-state index is 0.583. The first-order chi connectivity index (χ1) is 9.40. The van der Waals surface area contributed by atoms with Gasteiger partial charge in [-0.05, 0) is 12.1 Å². The lowest BCUT2D eigenvalue weighted by atomic mass is 10.2. The number of nitrogens with one attached hydrogen (secondary N) is 1. The molecular weight excluding hydrogens is 242 g/mol. The molecule has 4 rings (SSSR count). The average molecular weight is 253 g/mol. The second-order valence-electron chi connectivity index (χ2n) is 4.33. The summed E-state index contributed by atoms with van der Waals surface area (Å²) < 4.78 is 11.1. The third kappa shape index (κ3) is 1.71. The second-order valence-corrected chi connectivity index (χ2v) is 4.33. The van der Waals surface area contributed by atoms with Crippen molar-refractivity contribution in [1.82, 2.24) is 15.0 Å². The van der Waals surface area contributed by atoms with Crippen molar-refractivity contribution in [3.05, 3.63) is 36.7 Å². The first-order valence-electron chi connectivity index (χ1n) is 6.10. The number of hydrogen-bond donors (Lipinski definition) is 1. The Hall–Kier alpha value is -2.56. The highest BCUT2D eigenvalue weighted by atomic mass is 16.6. The van der Waals surface area contributed by atoms with E-state index in [1.807, 2.05) is 24.3 Å². The zero-order chi connectivity index (χ0) is 12.7. The van der Waals surface area contributed by atoms with Gasteiger partial charge in [0.15, 0.2) is 11.5 Å². The molecule has 5 heteroatoms. The summed E-state index contributed by atoms with van der Waals surface area (Å²) in [5.41, 5.74) is 2.82. The van der Waals surface area contributed by atoms with Crippen molar-refractivity contribution in [2.45, 2.75) is 0 Å². The van der Waals surface area contributed by atoms with Crippen LogP contribution in [-0.2, 0) is 0 Å². The molecule has 1 aliphatic rings. The molecule has 94 valence electrons. The number of fused-ring (bicyclic) bond motifs is 2. The Balaban J connectivity index is 1.87. The zero-order valence-corrected chi connectivity index (χ0v) is 10.1. The predicted octanol–water partition coefficient (Wildman–Crippen LogP) is 2.40. The quantitative estimate of drug-likeness (QED) is 0.723. The molecule has 0 bridgehead atoms. The van der Waals surface area contributed by atoms with Gasteiger partial charge in [-0.25, -0.2) is 4.98 Å². The van der Waals surface area contributed by atoms with Crippen LogP contribution in [0, 0.1) is 0 Å². The maximum Gasteiger partial charge on any atom is 0.163 e. The summed E-state index contributed by atoms with van der Waals surface area (Å²) in [4.78, 5) is 11.9. The largest absolute Gasteiger partial charge is 0.486 e. The molecule has 0 spiro atoms. The lowest BCUT2D eigenvalue weighted by Crippen LogP contribution is -2.15. The molecule has 1 N–H and O–H groups in total. The number of nitrogens with zero attached hydrogens (tertiary/aromatic N) is 2. The Bertz CT molecular complexity index is 694. The maximum absolute atomic E-state index is 5.56. The molecule has 5 nitrogen and oxygen atoms in total. The van der Waals surface area contributed by atoms with E-state index in [0.29, 0.717) is 13.2 Å². The number of pyridine rings is 1. The van der Waals surface area contributed by atoms with Crippen molar-refractivity contribution in [2.75, 3.05) is 13.2 Å². The molecule has 1 aromatic carbocycles. The number of benzene rings is 1. The number of imidazole rings is 1. The van der Waals surface area contributed by atoms with Gasteiger partial charge in [0.1, 0.15) is 19.0 Å². The first-order valence-corrected chi connectivity index (χ1v) is 6.10. The molecule has 0 amide bonds. The summed E-state index contributed by atoms with van der Waals surface area (Å²) in [5.74, 6) is 2.34. The maximum atomic E-state index is 5.56. The summed E-state index contributed by atoms with van der Waals surface area (Å²) in [7, 11) is 0. The smallest absolute Gasteiger partial charge is 0.163 e. The standard InChI is InChI=1S/C14H11N3O2/c1-3-15-4-2-9(1)14-16-10-7-12-13(8-11(10)17-14)19-6-5-18-12/h1-4,7-8H,5-6H2,(H,16,17). The Labute approximate surface area is 109 Å². The number of ether oxygens (including phenoxy) is 2. The zero-order valence-electron chi connectivity index (χ0n) is 10.1. The Morgan fingerprint density at radius 3 is 2.53 bits per heavy atom. The Morgan fingerprint density at radius 2 is 1.74 bits per heavy atom. The predicted molar refractivity (Wildman–Crippen MR) is 70.3 cm³/mol. The summed E-state index contributed by atoms with van der Waals surface area (Å²) in [6, 6.07) is 7.68. The van der Waals surface area contributed by atoms with Crippen LogP contribution in [0.4, 0.5) is 0 Å². The van der Waals surface area contributed by atoms with E-state index in [1.54, 1.807) is 12.4 Å². The van der Waals surface area contributed by atoms with E-state index in [1.165, 1.54) is 0 Å². The number of hydrogen-bond acceptors (Lipinski definition) is 4. The van der Waals surface area contributed by atoms with Gasteiger partial charge < -0.3 is 14.5 Å². The summed E-state index contributed by atoms with van der Waals surface area (Å²) in [6.45, 7) is 1.17. The van der Waals surface area contributed by atoms with E-state index >= 15 is 0 Å². The molecule has 0 fully saturated rings. The van der Waals surface area contributed by atoms with Crippen LogP contribution in [0.3, 0.4) is 0 Å². The molecule has 0 saturated carbocycles. The van der Waals surface area contributed by atoms with Gasteiger partial charge in [0.2, 0.25) is 0 Å². The van der Waals surface area contributed by atoms with Crippen molar-refractivity contribution in [2.24, 2.45) is 0 Å². The van der Waals surface area contributed by atoms with Crippen molar-refractivity contribution in [3.63, 3.8) is 0 Å². The molecule has 1 aliphatic heterocycles. The molecule has 0 unspecified atom stereocenters. The van der Waals surface area contributed by atoms with Crippen LogP contribution in [0.5, 0.6) is 11.5 Å². The van der Waals surface area contributed by atoms with Crippen molar-refractivity contribution >= 4 is 11.0 Å². The fourth-order valence-corrected chi connectivity index (χ4v) is 2.19. The van der Waals surface area contributed by atoms with Gasteiger partial charge in [-0.1, -0.05) is 0 Å². The van der Waals surface area contributed by atoms with Crippen LogP contribution in [0.2, 0.25) is 0 Å². The molecule has 0 saturated heterocycles. The minimum Gasteiger partial charge on any atom is -0.486 e. The normalized spacial score (nSPS) is 13.7. The van der Waals surface area contributed by atoms with E-state index < -0.39 is 0 Å². The molecule has 0 radical (unpaired) electrons. The van der Waals surface area contributed by atoms with Gasteiger partial charge in [-0.3, -0.25) is 4.98 Å². The first kappa shape index (κ1) is 10.4. The van der Waals surface area contributed by atoms with Crippen molar-refractivity contribution in [3.8, 4) is 22.9 Å². The summed E-state index contributed by atoms with van der Waals surface area (Å²) in [6.07, 6.45) is 3.50. The number of rotatable bonds is 1. The third-order valence-corrected chi connectivity index (χ3v) is 3.10. The van der Waals surface area contributed by atoms with Gasteiger partial charge in [0, 0.05) is 30.1 Å². The summed E-state index contributed by atoms with van der Waals surface area (Å²) >= 11 is 0. The molecule has 0 aliphatic carbocycles. The number of aromatic amines is 1. The van der Waals surface area contributed by atoms with Gasteiger partial charge >= 0.3 is 0 Å². The molecule has 0 atom stereocenters. The topological polar surface area (TPSA) is 60.0 Å². The van der Waals surface area contributed by atoms with Crippen LogP contribution in [-0.4, -0.2) is 28.2 Å². The highest BCUT2D eigenvalue weighted by Crippen LogP contribution is 2.34. The summed E-state index contributed by atoms with van der Waals surface area (Å²) in [5, 5.41) is 0. The lowest BCUT2D eigenvalue weighted by molar-refractivity contribution is 0.172. The van der Waals surface area contributed by atoms with Gasteiger partial charge in [-0.2, -0.15) is 0 Å². The van der Waals surface area contributed by atoms with E-state index in [-0.39, 0.29) is 0 Å². The van der Waals surface area contributed by atoms with Crippen molar-refractivity contribution in [1.29, 1.82) is 0 Å². The Morgan fingerprint density at radius 1 is 1.00 bits per heavy atom. The molecule has 3 aromatic rings. The van der Waals surface area contributed by atoms with Crippen molar-refractivity contribution < 1.29 is 9.47 Å². The Kier molecular flexibility index (Phi) is 2.17. The fraction of sp³-hybridized carbons (Fsp3) is 0.143. The second kappa shape index (κ2) is 3.98. The number of H-pyrrole nitrogens is 1. The van der Waals surface area contributed by atoms with Crippen LogP contribution in [0.15, 0.2) is 36.7 Å². The third-order valence-electron chi connectivity index (χ3n) is 3.10. The molecular formula is C14H11N3O2. The SMILES string of the molecule is c1cc(-c2nc3cc4c(cc3[nH]2)OCCO4)ccn1. The molecule has 19 heavy (non-hydrogen) atoms. The fourth-order valence-electron chi connectivity index (χ4n) is 2.19. The average Bonchev–Trinajstić information content (AvgIpc) is 2.88. The minimum atomic E-state index is 0.583. The monoisotopic (exact) mass is 253 g/mol. The number of aromatic nitrogens is 3. The van der Waals surface area contributed by atoms with Gasteiger partial charge in [-0.15, -0.1) is 0 Å². The van der Waals surface area contributed by atoms with Crippen LogP contribution < -0.4 is 9.47 Å². The van der Waals surface area contributed by atoms with Crippen LogP contribution in [0.1, 0.15) is 0 Å². The lowest BCUT2D eigenvalue weighted by Gasteiger charge is -2.17. The van der Waals surface area contributed by atoms with Crippen LogP contribution >= 0.6 is 0 Å². The van der Waals surface area contributed by atoms with Gasteiger partial charge in [0.25, 0.3) is 0 Å². The van der Waals surface area contributed by atoms with E-state index in [0.717, 1.165) is 33.9 Å². The van der Waals surface area contributed by atoms with E-state index in [2.05, 4.69) is 15.0 Å². The highest BCUT2D eigenvalue weighted by molar-refractivity contribution is 5.83.